The second-order valence-electron chi connectivity index (χ2n) is 5.78. The molecule has 1 unspecified atom stereocenters. The number of carbonyl (C=O) groups excluding carboxylic acids is 1. The summed E-state index contributed by atoms with van der Waals surface area (Å²) in [5.41, 5.74) is 7.02. The zero-order chi connectivity index (χ0) is 14.9. The maximum Gasteiger partial charge on any atom is 0.292 e. The summed E-state index contributed by atoms with van der Waals surface area (Å²) in [6.45, 7) is 4.03. The third-order valence-corrected chi connectivity index (χ3v) is 3.99. The van der Waals surface area contributed by atoms with E-state index >= 15 is 0 Å². The number of carbonyl (C=O) groups is 1. The van der Waals surface area contributed by atoms with Crippen molar-refractivity contribution in [1.29, 1.82) is 0 Å². The van der Waals surface area contributed by atoms with Crippen molar-refractivity contribution in [3.63, 3.8) is 0 Å². The molecule has 1 fully saturated rings. The minimum absolute atomic E-state index is 0. The van der Waals surface area contributed by atoms with Gasteiger partial charge in [0.1, 0.15) is 5.69 Å². The number of rotatable bonds is 3. The van der Waals surface area contributed by atoms with Crippen LogP contribution in [-0.4, -0.2) is 40.6 Å². The van der Waals surface area contributed by atoms with E-state index in [0.717, 1.165) is 6.42 Å². The van der Waals surface area contributed by atoms with E-state index in [1.165, 1.54) is 0 Å². The number of hydrogen-bond donors (Lipinski definition) is 1. The molecule has 0 spiro atoms. The predicted molar refractivity (Wildman–Crippen MR) is 91.9 cm³/mol. The molecule has 6 nitrogen and oxygen atoms in total. The molecular formula is C15H20Cl2N4O2. The SMILES string of the molecule is CC1(CN)CCN(C(=O)c2cc(-c3ccccn3)no2)C1.Cl.Cl. The second kappa shape index (κ2) is 7.77. The van der Waals surface area contributed by atoms with E-state index < -0.39 is 0 Å². The zero-order valence-electron chi connectivity index (χ0n) is 12.8. The Labute approximate surface area is 147 Å². The summed E-state index contributed by atoms with van der Waals surface area (Å²) in [6.07, 6.45) is 2.59. The number of nitrogens with zero attached hydrogens (tertiary/aromatic N) is 3. The fourth-order valence-corrected chi connectivity index (χ4v) is 2.53. The van der Waals surface area contributed by atoms with Gasteiger partial charge in [0.05, 0.1) is 5.69 Å². The quantitative estimate of drug-likeness (QED) is 0.910. The summed E-state index contributed by atoms with van der Waals surface area (Å²) < 4.78 is 5.18. The number of halogens is 2. The van der Waals surface area contributed by atoms with Gasteiger partial charge in [0.2, 0.25) is 5.76 Å². The summed E-state index contributed by atoms with van der Waals surface area (Å²) in [4.78, 5) is 18.4. The summed E-state index contributed by atoms with van der Waals surface area (Å²) in [5.74, 6) is 0.110. The molecular weight excluding hydrogens is 339 g/mol. The summed E-state index contributed by atoms with van der Waals surface area (Å²) in [5, 5.41) is 3.93. The van der Waals surface area contributed by atoms with Gasteiger partial charge < -0.3 is 15.2 Å². The average Bonchev–Trinajstić information content (AvgIpc) is 3.15. The highest BCUT2D eigenvalue weighted by atomic mass is 35.5. The monoisotopic (exact) mass is 358 g/mol. The van der Waals surface area contributed by atoms with Crippen molar-refractivity contribution >= 4 is 30.7 Å². The van der Waals surface area contributed by atoms with Gasteiger partial charge in [-0.2, -0.15) is 0 Å². The van der Waals surface area contributed by atoms with Gasteiger partial charge in [-0.3, -0.25) is 9.78 Å². The average molecular weight is 359 g/mol. The molecule has 0 radical (unpaired) electrons. The van der Waals surface area contributed by atoms with Crippen molar-refractivity contribution in [3.8, 4) is 11.4 Å². The van der Waals surface area contributed by atoms with Crippen molar-refractivity contribution in [2.75, 3.05) is 19.6 Å². The fraction of sp³-hybridized carbons (Fsp3) is 0.400. The second-order valence-corrected chi connectivity index (χ2v) is 5.78. The number of pyridine rings is 1. The van der Waals surface area contributed by atoms with E-state index in [-0.39, 0.29) is 41.9 Å². The number of hydrogen-bond acceptors (Lipinski definition) is 5. The Kier molecular flexibility index (Phi) is 6.56. The van der Waals surface area contributed by atoms with E-state index in [1.54, 1.807) is 17.2 Å². The van der Waals surface area contributed by atoms with Crippen LogP contribution >= 0.6 is 24.8 Å². The highest BCUT2D eigenvalue weighted by molar-refractivity contribution is 5.92. The van der Waals surface area contributed by atoms with Gasteiger partial charge in [0, 0.05) is 25.4 Å². The topological polar surface area (TPSA) is 85.2 Å². The summed E-state index contributed by atoms with van der Waals surface area (Å²) in [6, 6.07) is 7.16. The van der Waals surface area contributed by atoms with Gasteiger partial charge in [-0.15, -0.1) is 24.8 Å². The number of amides is 1. The molecule has 1 amide bonds. The Morgan fingerprint density at radius 3 is 2.78 bits per heavy atom. The first-order valence-electron chi connectivity index (χ1n) is 6.99. The van der Waals surface area contributed by atoms with Crippen LogP contribution < -0.4 is 5.73 Å². The van der Waals surface area contributed by atoms with Crippen LogP contribution in [0.15, 0.2) is 35.0 Å². The largest absolute Gasteiger partial charge is 0.350 e. The molecule has 0 saturated carbocycles. The molecule has 1 atom stereocenters. The lowest BCUT2D eigenvalue weighted by atomic mass is 9.90. The molecule has 1 aliphatic rings. The lowest BCUT2D eigenvalue weighted by molar-refractivity contribution is 0.0735. The third-order valence-electron chi connectivity index (χ3n) is 3.99. The van der Waals surface area contributed by atoms with Gasteiger partial charge in [0.25, 0.3) is 5.91 Å². The molecule has 1 saturated heterocycles. The van der Waals surface area contributed by atoms with E-state index in [2.05, 4.69) is 17.1 Å². The van der Waals surface area contributed by atoms with Crippen LogP contribution in [0.5, 0.6) is 0 Å². The van der Waals surface area contributed by atoms with E-state index in [0.29, 0.717) is 31.0 Å². The normalized spacial score (nSPS) is 19.8. The van der Waals surface area contributed by atoms with Crippen molar-refractivity contribution in [3.05, 3.63) is 36.2 Å². The van der Waals surface area contributed by atoms with Crippen molar-refractivity contribution in [1.82, 2.24) is 15.0 Å². The van der Waals surface area contributed by atoms with Gasteiger partial charge in [0.15, 0.2) is 0 Å². The standard InChI is InChI=1S/C15H18N4O2.2ClH/c1-15(9-16)5-7-19(10-15)14(20)13-8-12(18-21-13)11-4-2-3-6-17-11;;/h2-4,6,8H,5,7,9-10,16H2,1H3;2*1H. The smallest absolute Gasteiger partial charge is 0.292 e. The molecule has 3 rings (SSSR count). The summed E-state index contributed by atoms with van der Waals surface area (Å²) in [7, 11) is 0. The van der Waals surface area contributed by atoms with Crippen LogP contribution in [0, 0.1) is 5.41 Å². The molecule has 8 heteroatoms. The molecule has 0 aliphatic carbocycles. The first-order valence-corrected chi connectivity index (χ1v) is 6.99. The van der Waals surface area contributed by atoms with Crippen molar-refractivity contribution in [2.45, 2.75) is 13.3 Å². The highest BCUT2D eigenvalue weighted by Gasteiger charge is 2.36. The molecule has 0 bridgehead atoms. The Morgan fingerprint density at radius 2 is 2.17 bits per heavy atom. The minimum Gasteiger partial charge on any atom is -0.350 e. The van der Waals surface area contributed by atoms with E-state index in [4.69, 9.17) is 10.3 Å². The van der Waals surface area contributed by atoms with Crippen LogP contribution in [-0.2, 0) is 0 Å². The van der Waals surface area contributed by atoms with Crippen molar-refractivity contribution < 1.29 is 9.32 Å². The molecule has 23 heavy (non-hydrogen) atoms. The van der Waals surface area contributed by atoms with E-state index in [1.807, 2.05) is 18.2 Å². The lowest BCUT2D eigenvalue weighted by Crippen LogP contribution is -2.34. The fourth-order valence-electron chi connectivity index (χ4n) is 2.53. The number of aromatic nitrogens is 2. The molecule has 126 valence electrons. The van der Waals surface area contributed by atoms with Crippen LogP contribution in [0.3, 0.4) is 0 Å². The first kappa shape index (κ1) is 19.4. The zero-order valence-corrected chi connectivity index (χ0v) is 14.4. The van der Waals surface area contributed by atoms with Crippen molar-refractivity contribution in [2.24, 2.45) is 11.1 Å². The molecule has 1 aliphatic heterocycles. The Bertz CT molecular complexity index is 650. The number of likely N-dealkylation sites (tertiary alicyclic amines) is 1. The molecule has 2 aromatic rings. The third kappa shape index (κ3) is 4.02. The highest BCUT2D eigenvalue weighted by Crippen LogP contribution is 2.29. The van der Waals surface area contributed by atoms with Crippen LogP contribution in [0.4, 0.5) is 0 Å². The van der Waals surface area contributed by atoms with Gasteiger partial charge in [-0.25, -0.2) is 0 Å². The first-order chi connectivity index (χ1) is 10.1. The lowest BCUT2D eigenvalue weighted by Gasteiger charge is -2.21. The maximum atomic E-state index is 12.4. The van der Waals surface area contributed by atoms with Gasteiger partial charge >= 0.3 is 0 Å². The van der Waals surface area contributed by atoms with Crippen LogP contribution in [0.25, 0.3) is 11.4 Å². The minimum atomic E-state index is -0.137. The molecule has 3 heterocycles. The Balaban J connectivity index is 0.00000132. The molecule has 0 aromatic carbocycles. The Hall–Kier alpha value is -1.63. The predicted octanol–water partition coefficient (Wildman–Crippen LogP) is 2.39. The van der Waals surface area contributed by atoms with E-state index in [9.17, 15) is 4.79 Å². The number of nitrogens with two attached hydrogens (primary N) is 1. The summed E-state index contributed by atoms with van der Waals surface area (Å²) >= 11 is 0. The van der Waals surface area contributed by atoms with Crippen LogP contribution in [0.1, 0.15) is 23.9 Å². The van der Waals surface area contributed by atoms with Crippen LogP contribution in [0.2, 0.25) is 0 Å². The van der Waals surface area contributed by atoms with Gasteiger partial charge in [-0.1, -0.05) is 18.1 Å². The molecule has 2 aromatic heterocycles. The van der Waals surface area contributed by atoms with Gasteiger partial charge in [-0.05, 0) is 30.5 Å². The Morgan fingerprint density at radius 1 is 1.39 bits per heavy atom. The molecule has 2 N–H and O–H groups in total. The maximum absolute atomic E-state index is 12.4.